The van der Waals surface area contributed by atoms with Gasteiger partial charge in [0.1, 0.15) is 0 Å². The molecule has 112 valence electrons. The van der Waals surface area contributed by atoms with E-state index >= 15 is 0 Å². The molecule has 21 heavy (non-hydrogen) atoms. The first-order valence-corrected chi connectivity index (χ1v) is 7.19. The van der Waals surface area contributed by atoms with E-state index < -0.39 is 33.2 Å². The lowest BCUT2D eigenvalue weighted by Crippen LogP contribution is -2.14. The van der Waals surface area contributed by atoms with Crippen molar-refractivity contribution in [3.8, 4) is 0 Å². The maximum Gasteiger partial charge on any atom is 0.261 e. The van der Waals surface area contributed by atoms with Crippen molar-refractivity contribution in [2.45, 2.75) is 11.5 Å². The second kappa shape index (κ2) is 5.74. The molecule has 0 fully saturated rings. The molecule has 0 unspecified atom stereocenters. The lowest BCUT2D eigenvalue weighted by atomic mass is 10.2. The van der Waals surface area contributed by atoms with Crippen LogP contribution in [0.4, 0.5) is 18.9 Å². The number of halogens is 3. The average molecular weight is 317 g/mol. The topological polar surface area (TPSA) is 66.4 Å². The summed E-state index contributed by atoms with van der Waals surface area (Å²) in [4.78, 5) is -0.205. The SMILES string of the molecule is O=S(=O)(Nc1ccc(F)c(F)c1F)c1ccc(CO)cc1. The van der Waals surface area contributed by atoms with Crippen LogP contribution in [0.1, 0.15) is 5.56 Å². The number of benzene rings is 2. The van der Waals surface area contributed by atoms with Crippen LogP contribution < -0.4 is 4.72 Å². The molecule has 0 aromatic heterocycles. The number of aliphatic hydroxyl groups excluding tert-OH is 1. The molecule has 0 saturated carbocycles. The van der Waals surface area contributed by atoms with Gasteiger partial charge in [-0.15, -0.1) is 0 Å². The Morgan fingerprint density at radius 3 is 2.14 bits per heavy atom. The zero-order valence-electron chi connectivity index (χ0n) is 10.5. The number of rotatable bonds is 4. The molecule has 4 nitrogen and oxygen atoms in total. The van der Waals surface area contributed by atoms with E-state index in [0.717, 1.165) is 6.07 Å². The summed E-state index contributed by atoms with van der Waals surface area (Å²) in [6, 6.07) is 6.54. The molecular weight excluding hydrogens is 307 g/mol. The molecule has 0 saturated heterocycles. The van der Waals surface area contributed by atoms with Crippen LogP contribution in [-0.4, -0.2) is 13.5 Å². The van der Waals surface area contributed by atoms with Crippen LogP contribution in [0.2, 0.25) is 0 Å². The quantitative estimate of drug-likeness (QED) is 0.851. The number of nitrogens with one attached hydrogen (secondary N) is 1. The minimum atomic E-state index is -4.15. The second-order valence-electron chi connectivity index (χ2n) is 4.13. The average Bonchev–Trinajstić information content (AvgIpc) is 2.48. The molecule has 0 aliphatic rings. The third-order valence-corrected chi connectivity index (χ3v) is 4.08. The predicted octanol–water partition coefficient (Wildman–Crippen LogP) is 2.40. The first-order valence-electron chi connectivity index (χ1n) is 5.71. The zero-order chi connectivity index (χ0) is 15.6. The lowest BCUT2D eigenvalue weighted by molar-refractivity contribution is 0.282. The maximum absolute atomic E-state index is 13.5. The molecule has 0 atom stereocenters. The summed E-state index contributed by atoms with van der Waals surface area (Å²) in [6.07, 6.45) is 0. The molecule has 0 amide bonds. The highest BCUT2D eigenvalue weighted by molar-refractivity contribution is 7.92. The zero-order valence-corrected chi connectivity index (χ0v) is 11.3. The van der Waals surface area contributed by atoms with Crippen molar-refractivity contribution in [1.29, 1.82) is 0 Å². The number of hydrogen-bond donors (Lipinski definition) is 2. The van der Waals surface area contributed by atoms with E-state index in [4.69, 9.17) is 5.11 Å². The van der Waals surface area contributed by atoms with Gasteiger partial charge in [0.25, 0.3) is 10.0 Å². The first kappa shape index (κ1) is 15.3. The van der Waals surface area contributed by atoms with Crippen LogP contribution in [0.3, 0.4) is 0 Å². The van der Waals surface area contributed by atoms with Crippen LogP contribution >= 0.6 is 0 Å². The molecule has 2 N–H and O–H groups in total. The highest BCUT2D eigenvalue weighted by Crippen LogP contribution is 2.23. The van der Waals surface area contributed by atoms with Crippen molar-refractivity contribution >= 4 is 15.7 Å². The Morgan fingerprint density at radius 1 is 0.952 bits per heavy atom. The number of anilines is 1. The molecule has 0 aliphatic heterocycles. The third kappa shape index (κ3) is 3.17. The van der Waals surface area contributed by atoms with Gasteiger partial charge in [-0.25, -0.2) is 21.6 Å². The van der Waals surface area contributed by atoms with E-state index in [1.807, 2.05) is 4.72 Å². The van der Waals surface area contributed by atoms with E-state index in [2.05, 4.69) is 0 Å². The van der Waals surface area contributed by atoms with Crippen LogP contribution in [-0.2, 0) is 16.6 Å². The van der Waals surface area contributed by atoms with Crippen LogP contribution in [0.15, 0.2) is 41.3 Å². The number of sulfonamides is 1. The summed E-state index contributed by atoms with van der Waals surface area (Å²) >= 11 is 0. The Kier molecular flexibility index (Phi) is 4.19. The fourth-order valence-electron chi connectivity index (χ4n) is 1.58. The molecular formula is C13H10F3NO3S. The Hall–Kier alpha value is -2.06. The molecule has 2 aromatic rings. The van der Waals surface area contributed by atoms with Gasteiger partial charge in [-0.05, 0) is 29.8 Å². The van der Waals surface area contributed by atoms with Crippen molar-refractivity contribution in [1.82, 2.24) is 0 Å². The van der Waals surface area contributed by atoms with Gasteiger partial charge in [0.15, 0.2) is 17.5 Å². The summed E-state index contributed by atoms with van der Waals surface area (Å²) in [5.74, 6) is -4.79. The molecule has 0 bridgehead atoms. The fourth-order valence-corrected chi connectivity index (χ4v) is 2.64. The first-order chi connectivity index (χ1) is 9.85. The maximum atomic E-state index is 13.5. The van der Waals surface area contributed by atoms with Crippen LogP contribution in [0.5, 0.6) is 0 Å². The van der Waals surface area contributed by atoms with E-state index in [9.17, 15) is 21.6 Å². The summed E-state index contributed by atoms with van der Waals surface area (Å²) in [7, 11) is -4.15. The molecule has 0 aliphatic carbocycles. The fraction of sp³-hybridized carbons (Fsp3) is 0.0769. The van der Waals surface area contributed by atoms with Gasteiger partial charge >= 0.3 is 0 Å². The van der Waals surface area contributed by atoms with Gasteiger partial charge in [0, 0.05) is 0 Å². The van der Waals surface area contributed by atoms with E-state index in [1.54, 1.807) is 0 Å². The number of aliphatic hydroxyl groups is 1. The predicted molar refractivity (Wildman–Crippen MR) is 69.5 cm³/mol. The Bertz CT molecular complexity index is 761. The van der Waals surface area contributed by atoms with Gasteiger partial charge in [0.2, 0.25) is 0 Å². The van der Waals surface area contributed by atoms with E-state index in [0.29, 0.717) is 11.6 Å². The molecule has 0 radical (unpaired) electrons. The van der Waals surface area contributed by atoms with Gasteiger partial charge in [0.05, 0.1) is 17.2 Å². The van der Waals surface area contributed by atoms with Gasteiger partial charge < -0.3 is 5.11 Å². The van der Waals surface area contributed by atoms with Crippen molar-refractivity contribution < 1.29 is 26.7 Å². The highest BCUT2D eigenvalue weighted by Gasteiger charge is 2.19. The standard InChI is InChI=1S/C13H10F3NO3S/c14-10-5-6-11(13(16)12(10)15)17-21(19,20)9-3-1-8(7-18)2-4-9/h1-6,17-18H,7H2. The van der Waals surface area contributed by atoms with E-state index in [1.165, 1.54) is 24.3 Å². The molecule has 2 rings (SSSR count). The Labute approximate surface area is 118 Å². The van der Waals surface area contributed by atoms with Gasteiger partial charge in [-0.3, -0.25) is 4.72 Å². The highest BCUT2D eigenvalue weighted by atomic mass is 32.2. The minimum absolute atomic E-state index is 0.205. The lowest BCUT2D eigenvalue weighted by Gasteiger charge is -2.10. The number of hydrogen-bond acceptors (Lipinski definition) is 3. The van der Waals surface area contributed by atoms with Crippen molar-refractivity contribution in [3.63, 3.8) is 0 Å². The van der Waals surface area contributed by atoms with Gasteiger partial charge in [-0.2, -0.15) is 0 Å². The van der Waals surface area contributed by atoms with Crippen LogP contribution in [0, 0.1) is 17.5 Å². The third-order valence-electron chi connectivity index (χ3n) is 2.70. The molecule has 0 heterocycles. The van der Waals surface area contributed by atoms with Crippen molar-refractivity contribution in [3.05, 3.63) is 59.4 Å². The van der Waals surface area contributed by atoms with E-state index in [-0.39, 0.29) is 11.5 Å². The van der Waals surface area contributed by atoms with Crippen molar-refractivity contribution in [2.75, 3.05) is 4.72 Å². The molecule has 8 heteroatoms. The summed E-state index contributed by atoms with van der Waals surface area (Å²) in [5.41, 5.74) is -0.201. The van der Waals surface area contributed by atoms with Crippen LogP contribution in [0.25, 0.3) is 0 Å². The monoisotopic (exact) mass is 317 g/mol. The largest absolute Gasteiger partial charge is 0.392 e. The molecule has 2 aromatic carbocycles. The smallest absolute Gasteiger partial charge is 0.261 e. The second-order valence-corrected chi connectivity index (χ2v) is 5.81. The summed E-state index contributed by atoms with van der Waals surface area (Å²) in [5, 5.41) is 8.87. The summed E-state index contributed by atoms with van der Waals surface area (Å²) in [6.45, 7) is -0.258. The van der Waals surface area contributed by atoms with Crippen molar-refractivity contribution in [2.24, 2.45) is 0 Å². The molecule has 0 spiro atoms. The van der Waals surface area contributed by atoms with Gasteiger partial charge in [-0.1, -0.05) is 12.1 Å². The Balaban J connectivity index is 2.35. The minimum Gasteiger partial charge on any atom is -0.392 e. The normalized spacial score (nSPS) is 11.4. The Morgan fingerprint density at radius 2 is 1.57 bits per heavy atom. The summed E-state index contributed by atoms with van der Waals surface area (Å²) < 4.78 is 65.1.